The molecular formula is C21H18FN7O2. The third-order valence-corrected chi connectivity index (χ3v) is 5.06. The molecule has 1 unspecified atom stereocenters. The van der Waals surface area contributed by atoms with Gasteiger partial charge in [-0.2, -0.15) is 5.26 Å². The molecule has 156 valence electrons. The van der Waals surface area contributed by atoms with Crippen LogP contribution in [0.15, 0.2) is 41.8 Å². The lowest BCUT2D eigenvalue weighted by molar-refractivity contribution is 0.0987. The number of nitrogens with two attached hydrogens (primary N) is 1. The minimum atomic E-state index is -1.03. The number of rotatable bonds is 5. The molecule has 9 nitrogen and oxygen atoms in total. The third-order valence-electron chi connectivity index (χ3n) is 5.06. The number of methoxy groups -OCH3 is 1. The molecule has 0 saturated heterocycles. The second-order valence-corrected chi connectivity index (χ2v) is 7.32. The zero-order valence-electron chi connectivity index (χ0n) is 16.8. The van der Waals surface area contributed by atoms with Gasteiger partial charge in [0.2, 0.25) is 5.88 Å². The highest BCUT2D eigenvalue weighted by Gasteiger charge is 2.35. The van der Waals surface area contributed by atoms with E-state index in [0.717, 1.165) is 0 Å². The van der Waals surface area contributed by atoms with Gasteiger partial charge in [0.15, 0.2) is 23.1 Å². The van der Waals surface area contributed by atoms with Gasteiger partial charge in [0.05, 0.1) is 26.0 Å². The van der Waals surface area contributed by atoms with Crippen LogP contribution in [-0.2, 0) is 18.5 Å². The molecule has 0 amide bonds. The van der Waals surface area contributed by atoms with Crippen molar-refractivity contribution in [1.82, 2.24) is 19.5 Å². The molecule has 1 aliphatic rings. The Hall–Kier alpha value is -4.13. The molecular weight excluding hydrogens is 401 g/mol. The SMILES string of the molecule is COc1cnc(C(=O)Cc2ccc(F)c(C3(C)Cn4cc(C#N)nc4C(N)=N3)c2)cn1. The first kappa shape index (κ1) is 20.2. The predicted molar refractivity (Wildman–Crippen MR) is 108 cm³/mol. The van der Waals surface area contributed by atoms with Gasteiger partial charge in [-0.3, -0.25) is 9.79 Å². The normalized spacial score (nSPS) is 17.4. The Balaban J connectivity index is 1.64. The lowest BCUT2D eigenvalue weighted by Crippen LogP contribution is -2.37. The fraction of sp³-hybridized carbons (Fsp3) is 0.238. The summed E-state index contributed by atoms with van der Waals surface area (Å²) >= 11 is 0. The molecule has 1 aromatic carbocycles. The quantitative estimate of drug-likeness (QED) is 0.623. The van der Waals surface area contributed by atoms with Crippen LogP contribution in [0.25, 0.3) is 0 Å². The molecule has 1 aliphatic heterocycles. The van der Waals surface area contributed by atoms with Crippen LogP contribution in [0.4, 0.5) is 4.39 Å². The molecule has 3 heterocycles. The molecule has 0 bridgehead atoms. The number of aliphatic imine (C=N–C) groups is 1. The van der Waals surface area contributed by atoms with Gasteiger partial charge in [-0.25, -0.2) is 19.3 Å². The van der Waals surface area contributed by atoms with Crippen LogP contribution in [0.3, 0.4) is 0 Å². The molecule has 2 aromatic heterocycles. The minimum absolute atomic E-state index is 0.0124. The molecule has 0 aliphatic carbocycles. The van der Waals surface area contributed by atoms with E-state index in [0.29, 0.717) is 22.8 Å². The summed E-state index contributed by atoms with van der Waals surface area (Å²) < 4.78 is 21.4. The van der Waals surface area contributed by atoms with Crippen molar-refractivity contribution >= 4 is 11.6 Å². The highest BCUT2D eigenvalue weighted by atomic mass is 19.1. The lowest BCUT2D eigenvalue weighted by Gasteiger charge is -2.31. The van der Waals surface area contributed by atoms with Crippen LogP contribution >= 0.6 is 0 Å². The first-order valence-electron chi connectivity index (χ1n) is 9.34. The number of Topliss-reactive ketones (excluding diaryl/α,β-unsaturated/α-hetero) is 1. The Morgan fingerprint density at radius 3 is 2.87 bits per heavy atom. The first-order valence-corrected chi connectivity index (χ1v) is 9.34. The summed E-state index contributed by atoms with van der Waals surface area (Å²) in [7, 11) is 1.46. The van der Waals surface area contributed by atoms with Crippen LogP contribution < -0.4 is 10.5 Å². The smallest absolute Gasteiger partial charge is 0.232 e. The number of aromatic nitrogens is 4. The highest BCUT2D eigenvalue weighted by Crippen LogP contribution is 2.34. The topological polar surface area (TPSA) is 132 Å². The van der Waals surface area contributed by atoms with Crippen LogP contribution in [-0.4, -0.2) is 38.2 Å². The van der Waals surface area contributed by atoms with Crippen LogP contribution in [0.2, 0.25) is 0 Å². The molecule has 1 atom stereocenters. The van der Waals surface area contributed by atoms with E-state index in [-0.39, 0.29) is 36.0 Å². The number of halogens is 1. The van der Waals surface area contributed by atoms with E-state index < -0.39 is 11.4 Å². The van der Waals surface area contributed by atoms with E-state index in [4.69, 9.17) is 15.7 Å². The summed E-state index contributed by atoms with van der Waals surface area (Å²) in [5.41, 5.74) is 6.30. The maximum atomic E-state index is 14.8. The fourth-order valence-electron chi connectivity index (χ4n) is 3.56. The van der Waals surface area contributed by atoms with E-state index in [1.807, 2.05) is 6.07 Å². The number of imidazole rings is 1. The number of nitriles is 1. The highest BCUT2D eigenvalue weighted by molar-refractivity contribution is 5.96. The number of carbonyl (C=O) groups excluding carboxylic acids is 1. The number of ketones is 1. The molecule has 31 heavy (non-hydrogen) atoms. The third kappa shape index (κ3) is 3.73. The van der Waals surface area contributed by atoms with Crippen molar-refractivity contribution in [1.29, 1.82) is 5.26 Å². The molecule has 3 aromatic rings. The second-order valence-electron chi connectivity index (χ2n) is 7.32. The van der Waals surface area contributed by atoms with Crippen molar-refractivity contribution in [2.75, 3.05) is 7.11 Å². The zero-order valence-corrected chi connectivity index (χ0v) is 16.8. The molecule has 10 heteroatoms. The van der Waals surface area contributed by atoms with Gasteiger partial charge < -0.3 is 15.0 Å². The maximum Gasteiger partial charge on any atom is 0.232 e. The van der Waals surface area contributed by atoms with E-state index in [9.17, 15) is 9.18 Å². The van der Waals surface area contributed by atoms with Crippen molar-refractivity contribution in [3.63, 3.8) is 0 Å². The number of fused-ring (bicyclic) bond motifs is 1. The number of amidine groups is 1. The summed E-state index contributed by atoms with van der Waals surface area (Å²) in [4.78, 5) is 29.2. The van der Waals surface area contributed by atoms with Crippen molar-refractivity contribution in [3.05, 3.63) is 70.9 Å². The summed E-state index contributed by atoms with van der Waals surface area (Å²) in [6.07, 6.45) is 4.27. The van der Waals surface area contributed by atoms with Gasteiger partial charge in [-0.15, -0.1) is 0 Å². The summed E-state index contributed by atoms with van der Waals surface area (Å²) in [5, 5.41) is 9.09. The standard InChI is InChI=1S/C21H18FN7O2/c1-21(11-29-10-13(7-23)27-20(29)19(24)28-21)14-5-12(3-4-15(14)22)6-17(30)16-8-26-18(31-2)9-25-16/h3-5,8-10H,6,11H2,1-2H3,(H2,24,28). The number of carbonyl (C=O) groups is 1. The predicted octanol–water partition coefficient (Wildman–Crippen LogP) is 1.75. The largest absolute Gasteiger partial charge is 0.480 e. The van der Waals surface area contributed by atoms with Crippen LogP contribution in [0.1, 0.15) is 40.1 Å². The Morgan fingerprint density at radius 1 is 1.39 bits per heavy atom. The van der Waals surface area contributed by atoms with Crippen molar-refractivity contribution in [2.24, 2.45) is 10.7 Å². The summed E-state index contributed by atoms with van der Waals surface area (Å²) in [6.45, 7) is 1.99. The summed E-state index contributed by atoms with van der Waals surface area (Å²) in [6, 6.07) is 6.42. The first-order chi connectivity index (χ1) is 14.8. The van der Waals surface area contributed by atoms with Gasteiger partial charge in [-0.1, -0.05) is 6.07 Å². The zero-order chi connectivity index (χ0) is 22.2. The van der Waals surface area contributed by atoms with E-state index >= 15 is 0 Å². The Labute approximate surface area is 177 Å². The second kappa shape index (κ2) is 7.60. The Morgan fingerprint density at radius 2 is 2.19 bits per heavy atom. The van der Waals surface area contributed by atoms with Gasteiger partial charge in [-0.05, 0) is 24.6 Å². The van der Waals surface area contributed by atoms with Crippen LogP contribution in [0.5, 0.6) is 5.88 Å². The fourth-order valence-corrected chi connectivity index (χ4v) is 3.56. The van der Waals surface area contributed by atoms with Crippen molar-refractivity contribution in [2.45, 2.75) is 25.4 Å². The molecule has 0 saturated carbocycles. The minimum Gasteiger partial charge on any atom is -0.480 e. The number of hydrogen-bond acceptors (Lipinski definition) is 8. The molecule has 0 fully saturated rings. The maximum absolute atomic E-state index is 14.8. The molecule has 0 radical (unpaired) electrons. The molecule has 4 rings (SSSR count). The van der Waals surface area contributed by atoms with Crippen LogP contribution in [0, 0.1) is 17.1 Å². The molecule has 0 spiro atoms. The van der Waals surface area contributed by atoms with E-state index in [2.05, 4.69) is 19.9 Å². The van der Waals surface area contributed by atoms with E-state index in [1.54, 1.807) is 29.8 Å². The Kier molecular flexibility index (Phi) is 4.94. The Bertz CT molecular complexity index is 1240. The van der Waals surface area contributed by atoms with Gasteiger partial charge in [0.1, 0.15) is 23.1 Å². The van der Waals surface area contributed by atoms with Gasteiger partial charge >= 0.3 is 0 Å². The van der Waals surface area contributed by atoms with Crippen molar-refractivity contribution in [3.8, 4) is 11.9 Å². The number of benzene rings is 1. The molecule has 2 N–H and O–H groups in total. The monoisotopic (exact) mass is 419 g/mol. The summed E-state index contributed by atoms with van der Waals surface area (Å²) in [5.74, 6) is 0.0619. The van der Waals surface area contributed by atoms with E-state index in [1.165, 1.54) is 25.6 Å². The average molecular weight is 419 g/mol. The number of ether oxygens (including phenoxy) is 1. The number of hydrogen-bond donors (Lipinski definition) is 1. The lowest BCUT2D eigenvalue weighted by atomic mass is 9.88. The van der Waals surface area contributed by atoms with Gasteiger partial charge in [0, 0.05) is 18.2 Å². The average Bonchev–Trinajstić information content (AvgIpc) is 3.18. The number of nitrogens with zero attached hydrogens (tertiary/aromatic N) is 6. The van der Waals surface area contributed by atoms with Gasteiger partial charge in [0.25, 0.3) is 0 Å². The van der Waals surface area contributed by atoms with Crippen molar-refractivity contribution < 1.29 is 13.9 Å².